The van der Waals surface area contributed by atoms with Crippen LogP contribution in [0, 0.1) is 0 Å². The van der Waals surface area contributed by atoms with Crippen LogP contribution in [-0.2, 0) is 9.84 Å². The van der Waals surface area contributed by atoms with Crippen LogP contribution < -0.4 is 0 Å². The minimum atomic E-state index is -3.16. The number of hydrogen-bond donors (Lipinski definition) is 0. The fourth-order valence-electron chi connectivity index (χ4n) is 2.05. The summed E-state index contributed by atoms with van der Waals surface area (Å²) in [4.78, 5) is 0.357. The second-order valence-electron chi connectivity index (χ2n) is 4.52. The summed E-state index contributed by atoms with van der Waals surface area (Å²) in [7, 11) is -3.16. The molecule has 2 aromatic carbocycles. The summed E-state index contributed by atoms with van der Waals surface area (Å²) in [6.07, 6.45) is 1.23. The van der Waals surface area contributed by atoms with E-state index in [0.29, 0.717) is 4.90 Å². The fourth-order valence-corrected chi connectivity index (χ4v) is 3.50. The van der Waals surface area contributed by atoms with Gasteiger partial charge >= 0.3 is 0 Å². The van der Waals surface area contributed by atoms with Crippen LogP contribution in [0.5, 0.6) is 0 Å². The summed E-state index contributed by atoms with van der Waals surface area (Å²) >= 11 is 1.67. The second kappa shape index (κ2) is 4.47. The molecule has 19 heavy (non-hydrogen) atoms. The van der Waals surface area contributed by atoms with Gasteiger partial charge in [-0.15, -0.1) is 0 Å². The molecule has 96 valence electrons. The lowest BCUT2D eigenvalue weighted by Gasteiger charge is -2.04. The number of sulfone groups is 1. The number of fused-ring (bicyclic) bond motifs is 1. The molecule has 0 bridgehead atoms. The van der Waals surface area contributed by atoms with Gasteiger partial charge in [0.05, 0.1) is 4.90 Å². The molecular weight excluding hydrogens is 276 g/mol. The Morgan fingerprint density at radius 2 is 1.63 bits per heavy atom. The molecule has 0 aliphatic heterocycles. The maximum absolute atomic E-state index is 11.6. The lowest BCUT2D eigenvalue weighted by Crippen LogP contribution is -1.96. The molecule has 0 N–H and O–H groups in total. The van der Waals surface area contributed by atoms with Crippen molar-refractivity contribution in [1.29, 1.82) is 0 Å². The molecule has 0 spiro atoms. The summed E-state index contributed by atoms with van der Waals surface area (Å²) in [5, 5.41) is 6.60. The summed E-state index contributed by atoms with van der Waals surface area (Å²) < 4.78 is 23.2. The van der Waals surface area contributed by atoms with Crippen LogP contribution in [0.2, 0.25) is 0 Å². The van der Waals surface area contributed by atoms with Gasteiger partial charge in [-0.1, -0.05) is 24.3 Å². The highest BCUT2D eigenvalue weighted by Crippen LogP contribution is 2.27. The zero-order valence-electron chi connectivity index (χ0n) is 10.3. The van der Waals surface area contributed by atoms with Crippen molar-refractivity contribution in [2.24, 2.45) is 0 Å². The zero-order valence-corrected chi connectivity index (χ0v) is 12.0. The average Bonchev–Trinajstić information content (AvgIpc) is 2.85. The Labute approximate surface area is 116 Å². The average molecular weight is 288 g/mol. The van der Waals surface area contributed by atoms with Gasteiger partial charge < -0.3 is 0 Å². The Kier molecular flexibility index (Phi) is 2.92. The van der Waals surface area contributed by atoms with Gasteiger partial charge in [0, 0.05) is 6.26 Å². The Bertz CT molecular complexity index is 845. The Morgan fingerprint density at radius 1 is 0.895 bits per heavy atom. The summed E-state index contributed by atoms with van der Waals surface area (Å²) in [6.45, 7) is 0. The summed E-state index contributed by atoms with van der Waals surface area (Å²) in [5.41, 5.74) is 1.97. The fraction of sp³-hybridized carbons (Fsp3) is 0.0667. The Morgan fingerprint density at radius 3 is 2.42 bits per heavy atom. The SMILES string of the molecule is CS(=O)(=O)c1cccc(-c2ccc3cscc3c2)c1. The van der Waals surface area contributed by atoms with Crippen molar-refractivity contribution in [3.63, 3.8) is 0 Å². The first kappa shape index (κ1) is 12.4. The monoisotopic (exact) mass is 288 g/mol. The third-order valence-electron chi connectivity index (χ3n) is 3.07. The molecule has 3 rings (SSSR count). The molecule has 1 heterocycles. The van der Waals surface area contributed by atoms with Gasteiger partial charge in [0.15, 0.2) is 9.84 Å². The topological polar surface area (TPSA) is 34.1 Å². The van der Waals surface area contributed by atoms with E-state index in [0.717, 1.165) is 11.1 Å². The molecule has 2 nitrogen and oxygen atoms in total. The van der Waals surface area contributed by atoms with E-state index < -0.39 is 9.84 Å². The molecule has 0 amide bonds. The van der Waals surface area contributed by atoms with Crippen LogP contribution in [0.3, 0.4) is 0 Å². The first-order valence-corrected chi connectivity index (χ1v) is 8.64. The van der Waals surface area contributed by atoms with Crippen LogP contribution >= 0.6 is 11.3 Å². The maximum atomic E-state index is 11.6. The normalized spacial score (nSPS) is 11.8. The Hall–Kier alpha value is -1.65. The van der Waals surface area contributed by atoms with Crippen LogP contribution in [0.15, 0.2) is 58.1 Å². The molecule has 0 radical (unpaired) electrons. The highest BCUT2D eigenvalue weighted by molar-refractivity contribution is 7.90. The predicted molar refractivity (Wildman–Crippen MR) is 80.4 cm³/mol. The van der Waals surface area contributed by atoms with Gasteiger partial charge in [0.1, 0.15) is 0 Å². The van der Waals surface area contributed by atoms with Crippen molar-refractivity contribution in [2.75, 3.05) is 6.26 Å². The van der Waals surface area contributed by atoms with Gasteiger partial charge in [-0.2, -0.15) is 11.3 Å². The third kappa shape index (κ3) is 2.41. The minimum Gasteiger partial charge on any atom is -0.224 e. The highest BCUT2D eigenvalue weighted by atomic mass is 32.2. The smallest absolute Gasteiger partial charge is 0.175 e. The summed E-state index contributed by atoms with van der Waals surface area (Å²) in [5.74, 6) is 0. The second-order valence-corrected chi connectivity index (χ2v) is 7.27. The van der Waals surface area contributed by atoms with Crippen molar-refractivity contribution in [2.45, 2.75) is 4.90 Å². The Balaban J connectivity index is 2.15. The third-order valence-corrected chi connectivity index (χ3v) is 4.96. The summed E-state index contributed by atoms with van der Waals surface area (Å²) in [6, 6.07) is 13.2. The molecule has 0 aliphatic carbocycles. The standard InChI is InChI=1S/C15H12O2S2/c1-19(16,17)15-4-2-3-11(8-15)12-5-6-13-9-18-10-14(13)7-12/h2-10H,1H3. The molecule has 0 fully saturated rings. The molecule has 1 aromatic heterocycles. The van der Waals surface area contributed by atoms with Gasteiger partial charge in [0.2, 0.25) is 0 Å². The predicted octanol–water partition coefficient (Wildman–Crippen LogP) is 3.97. The lowest BCUT2D eigenvalue weighted by molar-refractivity contribution is 0.602. The van der Waals surface area contributed by atoms with E-state index >= 15 is 0 Å². The first-order valence-electron chi connectivity index (χ1n) is 5.80. The molecule has 0 unspecified atom stereocenters. The number of hydrogen-bond acceptors (Lipinski definition) is 3. The molecule has 0 aliphatic rings. The van der Waals surface area contributed by atoms with Gasteiger partial charge in [0.25, 0.3) is 0 Å². The van der Waals surface area contributed by atoms with Gasteiger partial charge in [-0.05, 0) is 50.9 Å². The van der Waals surface area contributed by atoms with Crippen molar-refractivity contribution in [3.05, 3.63) is 53.2 Å². The van der Waals surface area contributed by atoms with E-state index in [2.05, 4.69) is 22.9 Å². The van der Waals surface area contributed by atoms with Crippen molar-refractivity contribution in [1.82, 2.24) is 0 Å². The highest BCUT2D eigenvalue weighted by Gasteiger charge is 2.08. The molecule has 4 heteroatoms. The van der Waals surface area contributed by atoms with E-state index in [-0.39, 0.29) is 0 Å². The van der Waals surface area contributed by atoms with Crippen LogP contribution in [0.25, 0.3) is 21.9 Å². The van der Waals surface area contributed by atoms with Crippen molar-refractivity contribution >= 4 is 31.9 Å². The minimum absolute atomic E-state index is 0.357. The van der Waals surface area contributed by atoms with E-state index in [1.54, 1.807) is 29.5 Å². The lowest BCUT2D eigenvalue weighted by atomic mass is 10.0. The molecule has 0 saturated heterocycles. The van der Waals surface area contributed by atoms with Crippen LogP contribution in [-0.4, -0.2) is 14.7 Å². The van der Waals surface area contributed by atoms with Crippen molar-refractivity contribution in [3.8, 4) is 11.1 Å². The number of rotatable bonds is 2. The van der Waals surface area contributed by atoms with Crippen LogP contribution in [0.4, 0.5) is 0 Å². The quantitative estimate of drug-likeness (QED) is 0.715. The van der Waals surface area contributed by atoms with E-state index in [1.807, 2.05) is 12.1 Å². The van der Waals surface area contributed by atoms with E-state index in [9.17, 15) is 8.42 Å². The molecule has 0 atom stereocenters. The maximum Gasteiger partial charge on any atom is 0.175 e. The van der Waals surface area contributed by atoms with Crippen LogP contribution in [0.1, 0.15) is 0 Å². The largest absolute Gasteiger partial charge is 0.224 e. The molecule has 3 aromatic rings. The first-order chi connectivity index (χ1) is 9.04. The van der Waals surface area contributed by atoms with Gasteiger partial charge in [-0.3, -0.25) is 0 Å². The van der Waals surface area contributed by atoms with E-state index in [4.69, 9.17) is 0 Å². The van der Waals surface area contributed by atoms with Crippen molar-refractivity contribution < 1.29 is 8.42 Å². The zero-order chi connectivity index (χ0) is 13.5. The molecule has 0 saturated carbocycles. The molecular formula is C15H12O2S2. The number of thiophene rings is 1. The van der Waals surface area contributed by atoms with Gasteiger partial charge in [-0.25, -0.2) is 8.42 Å². The van der Waals surface area contributed by atoms with E-state index in [1.165, 1.54) is 17.0 Å². The number of benzene rings is 2.